The average Bonchev–Trinajstić information content (AvgIpc) is 2.28. The molecule has 0 spiro atoms. The Kier molecular flexibility index (Phi) is 4.78. The van der Waals surface area contributed by atoms with Crippen LogP contribution in [0.5, 0.6) is 0 Å². The number of amides is 2. The molecule has 2 N–H and O–H groups in total. The lowest BCUT2D eigenvalue weighted by Crippen LogP contribution is -2.50. The van der Waals surface area contributed by atoms with Gasteiger partial charge >= 0.3 is 12.0 Å². The van der Waals surface area contributed by atoms with E-state index in [-0.39, 0.29) is 12.1 Å². The van der Waals surface area contributed by atoms with Crippen molar-refractivity contribution >= 4 is 12.0 Å². The van der Waals surface area contributed by atoms with Crippen LogP contribution in [0.1, 0.15) is 33.6 Å². The van der Waals surface area contributed by atoms with Gasteiger partial charge in [-0.25, -0.2) is 4.79 Å². The fourth-order valence-electron chi connectivity index (χ4n) is 1.82. The number of piperidine rings is 1. The maximum atomic E-state index is 11.9. The number of urea groups is 1. The molecule has 1 aliphatic rings. The third-order valence-corrected chi connectivity index (χ3v) is 3.41. The number of nitrogens with one attached hydrogen (secondary N) is 1. The number of hydrogen-bond donors (Lipinski definition) is 2. The molecular formula is C12H22N2O3. The van der Waals surface area contributed by atoms with Gasteiger partial charge in [0.25, 0.3) is 0 Å². The van der Waals surface area contributed by atoms with Crippen LogP contribution < -0.4 is 5.32 Å². The van der Waals surface area contributed by atoms with Gasteiger partial charge in [-0.15, -0.1) is 0 Å². The van der Waals surface area contributed by atoms with Gasteiger partial charge in [-0.05, 0) is 25.7 Å². The maximum absolute atomic E-state index is 11.9. The van der Waals surface area contributed by atoms with E-state index in [1.54, 1.807) is 4.90 Å². The van der Waals surface area contributed by atoms with Gasteiger partial charge in [-0.2, -0.15) is 0 Å². The van der Waals surface area contributed by atoms with Crippen molar-refractivity contribution in [3.05, 3.63) is 0 Å². The van der Waals surface area contributed by atoms with Crippen LogP contribution in [-0.2, 0) is 4.79 Å². The number of carbonyl (C=O) groups excluding carboxylic acids is 1. The zero-order valence-electron chi connectivity index (χ0n) is 10.8. The lowest BCUT2D eigenvalue weighted by atomic mass is 9.98. The van der Waals surface area contributed by atoms with Crippen LogP contribution in [-0.4, -0.2) is 41.1 Å². The number of carbonyl (C=O) groups is 2. The van der Waals surface area contributed by atoms with Crippen LogP contribution in [0.2, 0.25) is 0 Å². The Balaban J connectivity index is 2.49. The summed E-state index contributed by atoms with van der Waals surface area (Å²) < 4.78 is 0. The van der Waals surface area contributed by atoms with E-state index in [1.165, 1.54) is 0 Å². The van der Waals surface area contributed by atoms with Crippen LogP contribution in [0.3, 0.4) is 0 Å². The summed E-state index contributed by atoms with van der Waals surface area (Å²) in [5.74, 6) is -0.845. The van der Waals surface area contributed by atoms with Crippen molar-refractivity contribution < 1.29 is 14.7 Å². The first-order valence-electron chi connectivity index (χ1n) is 6.20. The van der Waals surface area contributed by atoms with Gasteiger partial charge in [0.05, 0.1) is 5.92 Å². The highest BCUT2D eigenvalue weighted by atomic mass is 16.4. The molecule has 5 nitrogen and oxygen atoms in total. The maximum Gasteiger partial charge on any atom is 0.317 e. The molecule has 5 heteroatoms. The van der Waals surface area contributed by atoms with Crippen LogP contribution in [0.25, 0.3) is 0 Å². The van der Waals surface area contributed by atoms with Crippen molar-refractivity contribution in [3.8, 4) is 0 Å². The van der Waals surface area contributed by atoms with Gasteiger partial charge in [0.1, 0.15) is 0 Å². The first-order valence-corrected chi connectivity index (χ1v) is 6.20. The molecular weight excluding hydrogens is 220 g/mol. The van der Waals surface area contributed by atoms with E-state index < -0.39 is 11.9 Å². The predicted molar refractivity (Wildman–Crippen MR) is 64.8 cm³/mol. The predicted octanol–water partition coefficient (Wildman–Crippen LogP) is 1.54. The first kappa shape index (κ1) is 13.8. The second-order valence-corrected chi connectivity index (χ2v) is 5.11. The summed E-state index contributed by atoms with van der Waals surface area (Å²) in [5, 5.41) is 11.9. The zero-order chi connectivity index (χ0) is 13.0. The highest BCUT2D eigenvalue weighted by molar-refractivity contribution is 5.76. The Morgan fingerprint density at radius 1 is 1.35 bits per heavy atom. The zero-order valence-corrected chi connectivity index (χ0v) is 10.8. The molecule has 17 heavy (non-hydrogen) atoms. The van der Waals surface area contributed by atoms with Crippen molar-refractivity contribution in [2.45, 2.75) is 39.7 Å². The summed E-state index contributed by atoms with van der Waals surface area (Å²) in [6.45, 7) is 7.02. The number of carboxylic acids is 1. The molecule has 2 atom stereocenters. The van der Waals surface area contributed by atoms with E-state index >= 15 is 0 Å². The van der Waals surface area contributed by atoms with Crippen LogP contribution in [0.4, 0.5) is 4.79 Å². The Morgan fingerprint density at radius 2 is 2.00 bits per heavy atom. The van der Waals surface area contributed by atoms with Gasteiger partial charge in [-0.3, -0.25) is 4.79 Å². The molecule has 98 valence electrons. The van der Waals surface area contributed by atoms with E-state index in [4.69, 9.17) is 5.11 Å². The highest BCUT2D eigenvalue weighted by Crippen LogP contribution is 2.16. The molecule has 1 heterocycles. The lowest BCUT2D eigenvalue weighted by molar-refractivity contribution is -0.143. The minimum absolute atomic E-state index is 0.104. The quantitative estimate of drug-likeness (QED) is 0.788. The molecule has 0 aliphatic carbocycles. The lowest BCUT2D eigenvalue weighted by Gasteiger charge is -2.32. The van der Waals surface area contributed by atoms with Crippen LogP contribution in [0, 0.1) is 11.8 Å². The normalized spacial score (nSPS) is 22.4. The van der Waals surface area contributed by atoms with Crippen molar-refractivity contribution in [3.63, 3.8) is 0 Å². The summed E-state index contributed by atoms with van der Waals surface area (Å²) in [6.07, 6.45) is 1.43. The number of likely N-dealkylation sites (tertiary alicyclic amines) is 1. The number of carboxylic acid groups (broad SMARTS) is 1. The molecule has 1 fully saturated rings. The summed E-state index contributed by atoms with van der Waals surface area (Å²) in [6, 6.07) is -0.0372. The van der Waals surface area contributed by atoms with E-state index in [0.717, 1.165) is 6.42 Å². The molecule has 0 aromatic carbocycles. The fourth-order valence-corrected chi connectivity index (χ4v) is 1.82. The Morgan fingerprint density at radius 3 is 2.53 bits per heavy atom. The van der Waals surface area contributed by atoms with E-state index in [1.807, 2.05) is 20.8 Å². The van der Waals surface area contributed by atoms with E-state index in [0.29, 0.717) is 25.4 Å². The van der Waals surface area contributed by atoms with Crippen LogP contribution in [0.15, 0.2) is 0 Å². The smallest absolute Gasteiger partial charge is 0.317 e. The molecule has 0 bridgehead atoms. The van der Waals surface area contributed by atoms with Gasteiger partial charge < -0.3 is 15.3 Å². The molecule has 0 aromatic heterocycles. The Bertz CT molecular complexity index is 291. The Hall–Kier alpha value is -1.26. The largest absolute Gasteiger partial charge is 0.481 e. The van der Waals surface area contributed by atoms with Crippen molar-refractivity contribution in [1.29, 1.82) is 0 Å². The minimum Gasteiger partial charge on any atom is -0.481 e. The number of hydrogen-bond acceptors (Lipinski definition) is 2. The summed E-state index contributed by atoms with van der Waals surface area (Å²) in [4.78, 5) is 24.4. The van der Waals surface area contributed by atoms with Crippen molar-refractivity contribution in [2.75, 3.05) is 13.1 Å². The average molecular weight is 242 g/mol. The topological polar surface area (TPSA) is 69.6 Å². The fraction of sp³-hybridized carbons (Fsp3) is 0.833. The van der Waals surface area contributed by atoms with Gasteiger partial charge in [0.2, 0.25) is 0 Å². The van der Waals surface area contributed by atoms with Gasteiger partial charge in [0.15, 0.2) is 0 Å². The minimum atomic E-state index is -0.806. The van der Waals surface area contributed by atoms with E-state index in [2.05, 4.69) is 5.32 Å². The standard InChI is InChI=1S/C12H22N2O3/c1-8(2)9(3)13-12(17)14-6-4-5-10(7-14)11(15)16/h8-10H,4-7H2,1-3H3,(H,13,17)(H,15,16). The number of rotatable bonds is 3. The molecule has 0 aromatic rings. The van der Waals surface area contributed by atoms with Crippen molar-refractivity contribution in [2.24, 2.45) is 11.8 Å². The second kappa shape index (κ2) is 5.89. The molecule has 2 unspecified atom stereocenters. The van der Waals surface area contributed by atoms with Crippen LogP contribution >= 0.6 is 0 Å². The van der Waals surface area contributed by atoms with E-state index in [9.17, 15) is 9.59 Å². The Labute approximate surface area is 102 Å². The third-order valence-electron chi connectivity index (χ3n) is 3.41. The first-order chi connectivity index (χ1) is 7.91. The molecule has 2 amide bonds. The molecule has 1 aliphatic heterocycles. The second-order valence-electron chi connectivity index (χ2n) is 5.11. The number of nitrogens with zero attached hydrogens (tertiary/aromatic N) is 1. The molecule has 1 saturated heterocycles. The van der Waals surface area contributed by atoms with Gasteiger partial charge in [-0.1, -0.05) is 13.8 Å². The highest BCUT2D eigenvalue weighted by Gasteiger charge is 2.28. The number of aliphatic carboxylic acids is 1. The summed E-state index contributed by atoms with van der Waals surface area (Å²) in [7, 11) is 0. The monoisotopic (exact) mass is 242 g/mol. The summed E-state index contributed by atoms with van der Waals surface area (Å²) in [5.41, 5.74) is 0. The molecule has 0 saturated carbocycles. The van der Waals surface area contributed by atoms with Gasteiger partial charge in [0, 0.05) is 19.1 Å². The molecule has 1 rings (SSSR count). The SMILES string of the molecule is CC(C)C(C)NC(=O)N1CCCC(C(=O)O)C1. The molecule has 0 radical (unpaired) electrons. The van der Waals surface area contributed by atoms with Crippen molar-refractivity contribution in [1.82, 2.24) is 10.2 Å². The third kappa shape index (κ3) is 3.91. The summed E-state index contributed by atoms with van der Waals surface area (Å²) >= 11 is 0.